The number of rotatable bonds is 8. The number of aromatic nitrogens is 2. The Morgan fingerprint density at radius 2 is 2.08 bits per heavy atom. The first-order chi connectivity index (χ1) is 18.9. The number of anilines is 3. The first-order valence-corrected chi connectivity index (χ1v) is 13.0. The van der Waals surface area contributed by atoms with Crippen LogP contribution in [0.5, 0.6) is 0 Å². The zero-order valence-corrected chi connectivity index (χ0v) is 22.0. The lowest BCUT2D eigenvalue weighted by molar-refractivity contribution is -0.136. The fourth-order valence-electron chi connectivity index (χ4n) is 5.30. The molecule has 0 spiro atoms. The number of carbonyl (C=O) groups excluding carboxylic acids is 3. The summed E-state index contributed by atoms with van der Waals surface area (Å²) in [6, 6.07) is 5.28. The molecule has 39 heavy (non-hydrogen) atoms. The summed E-state index contributed by atoms with van der Waals surface area (Å²) in [4.78, 5) is 49.7. The lowest BCUT2D eigenvalue weighted by Gasteiger charge is -2.36. The van der Waals surface area contributed by atoms with E-state index >= 15 is 0 Å². The molecule has 3 amide bonds. The normalized spacial score (nSPS) is 22.1. The van der Waals surface area contributed by atoms with Crippen molar-refractivity contribution in [2.24, 2.45) is 0 Å². The van der Waals surface area contributed by atoms with E-state index in [1.54, 1.807) is 18.1 Å². The minimum Gasteiger partial charge on any atom is -0.379 e. The molecule has 1 aliphatic carbocycles. The van der Waals surface area contributed by atoms with Crippen molar-refractivity contribution >= 4 is 35.5 Å². The van der Waals surface area contributed by atoms with E-state index in [0.29, 0.717) is 61.3 Å². The van der Waals surface area contributed by atoms with Crippen molar-refractivity contribution in [2.75, 3.05) is 42.8 Å². The van der Waals surface area contributed by atoms with Gasteiger partial charge < -0.3 is 19.7 Å². The number of fused-ring (bicyclic) bond motifs is 1. The van der Waals surface area contributed by atoms with Gasteiger partial charge in [0.2, 0.25) is 0 Å². The maximum Gasteiger partial charge on any atom is 0.328 e. The summed E-state index contributed by atoms with van der Waals surface area (Å²) in [5.74, 6) is 0.595. The van der Waals surface area contributed by atoms with E-state index in [1.807, 2.05) is 6.07 Å². The first-order valence-electron chi connectivity index (χ1n) is 13.0. The van der Waals surface area contributed by atoms with Gasteiger partial charge in [0, 0.05) is 58.1 Å². The maximum atomic E-state index is 13.3. The molecule has 204 valence electrons. The smallest absolute Gasteiger partial charge is 0.328 e. The Morgan fingerprint density at radius 1 is 1.23 bits per heavy atom. The van der Waals surface area contributed by atoms with Gasteiger partial charge in [-0.1, -0.05) is 0 Å². The molecule has 3 atom stereocenters. The highest BCUT2D eigenvalue weighted by Gasteiger charge is 2.33. The number of carbonyl (C=O) groups is 3. The Balaban J connectivity index is 1.34. The molecule has 2 fully saturated rings. The number of amides is 3. The van der Waals surface area contributed by atoms with Crippen LogP contribution in [0, 0.1) is 11.3 Å². The number of nitrogens with zero attached hydrogens (tertiary/aromatic N) is 5. The van der Waals surface area contributed by atoms with Crippen LogP contribution >= 0.6 is 0 Å². The molecule has 1 saturated heterocycles. The molecule has 3 aliphatic rings. The predicted octanol–water partition coefficient (Wildman–Crippen LogP) is 2.48. The number of hydrogen-bond acceptors (Lipinski definition) is 9. The number of ether oxygens (including phenoxy) is 2. The van der Waals surface area contributed by atoms with Crippen LogP contribution in [0.1, 0.15) is 52.9 Å². The lowest BCUT2D eigenvalue weighted by atomic mass is 9.88. The van der Waals surface area contributed by atoms with Gasteiger partial charge in [0.05, 0.1) is 23.4 Å². The number of hydrogen-bond donors (Lipinski definition) is 2. The minimum absolute atomic E-state index is 0.0700. The number of methoxy groups -OCH3 is 2. The largest absolute Gasteiger partial charge is 0.379 e. The standard InChI is InChI=1S/C27H31N7O5/c1-38-22-6-5-19(22)30-20-11-24(29-13-18(20)12-28)32-27(37)34-8-3-4-16-10-17(21(15-35)31-25(16)34)14-33-9-7-23(39-2)26(33)36/h10-11,13,15,19,22-23H,3-9,14H2,1-2H3,(H2,29,30,32,37)/t19-,22+,23?/m0/s1. The number of pyridine rings is 2. The monoisotopic (exact) mass is 533 g/mol. The Hall–Kier alpha value is -4.08. The molecule has 5 rings (SSSR count). The minimum atomic E-state index is -0.462. The Morgan fingerprint density at radius 3 is 2.74 bits per heavy atom. The van der Waals surface area contributed by atoms with Crippen molar-refractivity contribution in [2.45, 2.75) is 56.9 Å². The average molecular weight is 534 g/mol. The first kappa shape index (κ1) is 26.5. The zero-order valence-electron chi connectivity index (χ0n) is 22.0. The van der Waals surface area contributed by atoms with E-state index in [0.717, 1.165) is 18.4 Å². The van der Waals surface area contributed by atoms with Crippen LogP contribution in [0.2, 0.25) is 0 Å². The molecule has 4 heterocycles. The maximum absolute atomic E-state index is 13.3. The van der Waals surface area contributed by atoms with Crippen LogP contribution < -0.4 is 15.5 Å². The van der Waals surface area contributed by atoms with Crippen molar-refractivity contribution in [3.8, 4) is 6.07 Å². The molecule has 1 saturated carbocycles. The molecule has 1 unspecified atom stereocenters. The van der Waals surface area contributed by atoms with Crippen LogP contribution in [-0.2, 0) is 27.2 Å². The number of nitriles is 1. The van der Waals surface area contributed by atoms with Crippen molar-refractivity contribution in [1.29, 1.82) is 5.26 Å². The van der Waals surface area contributed by atoms with E-state index in [9.17, 15) is 19.6 Å². The number of aryl methyl sites for hydroxylation is 1. The molecule has 2 aromatic rings. The summed E-state index contributed by atoms with van der Waals surface area (Å²) in [5, 5.41) is 15.6. The summed E-state index contributed by atoms with van der Waals surface area (Å²) in [7, 11) is 3.17. The third-order valence-electron chi connectivity index (χ3n) is 7.64. The third-order valence-corrected chi connectivity index (χ3v) is 7.64. The Bertz CT molecular complexity index is 1320. The summed E-state index contributed by atoms with van der Waals surface area (Å²) in [6.07, 6.45) is 5.56. The molecule has 0 bridgehead atoms. The number of likely N-dealkylation sites (tertiary alicyclic amines) is 1. The fraction of sp³-hybridized carbons (Fsp3) is 0.481. The van der Waals surface area contributed by atoms with Gasteiger partial charge in [-0.2, -0.15) is 5.26 Å². The SMILES string of the molecule is COC1CCN(Cc2cc3c(nc2C=O)N(C(=O)Nc2cc(N[C@H]4CC[C@H]4OC)c(C#N)cn2)CCC3)C1=O. The van der Waals surface area contributed by atoms with Crippen LogP contribution in [-0.4, -0.2) is 78.7 Å². The quantitative estimate of drug-likeness (QED) is 0.488. The summed E-state index contributed by atoms with van der Waals surface area (Å²) < 4.78 is 10.7. The molecule has 12 heteroatoms. The predicted molar refractivity (Wildman–Crippen MR) is 142 cm³/mol. The summed E-state index contributed by atoms with van der Waals surface area (Å²) >= 11 is 0. The molecule has 2 aliphatic heterocycles. The fourth-order valence-corrected chi connectivity index (χ4v) is 5.30. The molecular weight excluding hydrogens is 502 g/mol. The van der Waals surface area contributed by atoms with Crippen molar-refractivity contribution in [3.63, 3.8) is 0 Å². The lowest BCUT2D eigenvalue weighted by Crippen LogP contribution is -2.44. The van der Waals surface area contributed by atoms with E-state index in [1.165, 1.54) is 18.2 Å². The number of urea groups is 1. The highest BCUT2D eigenvalue weighted by molar-refractivity contribution is 6.02. The second-order valence-electron chi connectivity index (χ2n) is 9.92. The Labute approximate surface area is 226 Å². The topological polar surface area (TPSA) is 150 Å². The van der Waals surface area contributed by atoms with Gasteiger partial charge in [-0.15, -0.1) is 0 Å². The van der Waals surface area contributed by atoms with E-state index in [2.05, 4.69) is 26.7 Å². The molecule has 12 nitrogen and oxygen atoms in total. The molecule has 2 aromatic heterocycles. The van der Waals surface area contributed by atoms with E-state index in [-0.39, 0.29) is 36.1 Å². The molecule has 2 N–H and O–H groups in total. The molecule has 0 radical (unpaired) electrons. The highest BCUT2D eigenvalue weighted by Crippen LogP contribution is 2.31. The zero-order chi connectivity index (χ0) is 27.5. The van der Waals surface area contributed by atoms with E-state index < -0.39 is 12.1 Å². The second kappa shape index (κ2) is 11.3. The van der Waals surface area contributed by atoms with Crippen LogP contribution in [0.3, 0.4) is 0 Å². The average Bonchev–Trinajstić information content (AvgIpc) is 3.29. The molecular formula is C27H31N7O5. The Kier molecular flexibility index (Phi) is 7.72. The van der Waals surface area contributed by atoms with Gasteiger partial charge >= 0.3 is 6.03 Å². The van der Waals surface area contributed by atoms with Gasteiger partial charge in [-0.25, -0.2) is 14.8 Å². The van der Waals surface area contributed by atoms with Crippen molar-refractivity contribution in [1.82, 2.24) is 14.9 Å². The van der Waals surface area contributed by atoms with Crippen LogP contribution in [0.15, 0.2) is 18.3 Å². The van der Waals surface area contributed by atoms with Crippen LogP contribution in [0.4, 0.5) is 22.1 Å². The third kappa shape index (κ3) is 5.28. The second-order valence-corrected chi connectivity index (χ2v) is 9.92. The summed E-state index contributed by atoms with van der Waals surface area (Å²) in [6.45, 7) is 1.22. The van der Waals surface area contributed by atoms with Crippen molar-refractivity contribution in [3.05, 3.63) is 40.7 Å². The molecule has 0 aromatic carbocycles. The van der Waals surface area contributed by atoms with Gasteiger partial charge in [-0.3, -0.25) is 19.8 Å². The van der Waals surface area contributed by atoms with Crippen molar-refractivity contribution < 1.29 is 23.9 Å². The number of nitrogens with one attached hydrogen (secondary N) is 2. The summed E-state index contributed by atoms with van der Waals surface area (Å²) in [5.41, 5.74) is 2.62. The van der Waals surface area contributed by atoms with Gasteiger partial charge in [0.25, 0.3) is 5.91 Å². The van der Waals surface area contributed by atoms with E-state index in [4.69, 9.17) is 9.47 Å². The van der Waals surface area contributed by atoms with Gasteiger partial charge in [0.1, 0.15) is 29.5 Å². The number of aldehydes is 1. The highest BCUT2D eigenvalue weighted by atomic mass is 16.5. The van der Waals surface area contributed by atoms with Gasteiger partial charge in [0.15, 0.2) is 6.29 Å². The van der Waals surface area contributed by atoms with Crippen LogP contribution in [0.25, 0.3) is 0 Å². The van der Waals surface area contributed by atoms with Gasteiger partial charge in [-0.05, 0) is 37.3 Å².